The van der Waals surface area contributed by atoms with Gasteiger partial charge in [-0.3, -0.25) is 19.4 Å². The van der Waals surface area contributed by atoms with Gasteiger partial charge in [0.15, 0.2) is 6.61 Å². The molecule has 10 heteroatoms. The van der Waals surface area contributed by atoms with Crippen LogP contribution in [0.3, 0.4) is 0 Å². The zero-order chi connectivity index (χ0) is 30.5. The maximum absolute atomic E-state index is 14.1. The summed E-state index contributed by atoms with van der Waals surface area (Å²) >= 11 is 0. The molecule has 0 aliphatic carbocycles. The molecule has 10 nitrogen and oxygen atoms in total. The zero-order valence-corrected chi connectivity index (χ0v) is 25.2. The van der Waals surface area contributed by atoms with E-state index >= 15 is 0 Å². The molecule has 1 aromatic heterocycles. The van der Waals surface area contributed by atoms with Gasteiger partial charge in [0.05, 0.1) is 10.9 Å². The van der Waals surface area contributed by atoms with Crippen LogP contribution in [0.1, 0.15) is 42.4 Å². The van der Waals surface area contributed by atoms with Crippen molar-refractivity contribution in [1.29, 1.82) is 0 Å². The van der Waals surface area contributed by atoms with E-state index in [1.807, 2.05) is 43.3 Å². The number of rotatable bonds is 6. The number of amides is 3. The largest absolute Gasteiger partial charge is 0.484 e. The van der Waals surface area contributed by atoms with E-state index in [9.17, 15) is 14.4 Å². The van der Waals surface area contributed by atoms with Crippen molar-refractivity contribution < 1.29 is 23.9 Å². The van der Waals surface area contributed by atoms with Crippen molar-refractivity contribution in [1.82, 2.24) is 26.3 Å². The van der Waals surface area contributed by atoms with E-state index in [1.165, 1.54) is 0 Å². The Morgan fingerprint density at radius 1 is 1.02 bits per heavy atom. The second kappa shape index (κ2) is 16.0. The average Bonchev–Trinajstić information content (AvgIpc) is 3.02. The van der Waals surface area contributed by atoms with Gasteiger partial charge in [0, 0.05) is 51.4 Å². The molecular formula is C33H43N5O5. The van der Waals surface area contributed by atoms with E-state index in [0.717, 1.165) is 40.6 Å². The van der Waals surface area contributed by atoms with E-state index < -0.39 is 5.41 Å². The van der Waals surface area contributed by atoms with Gasteiger partial charge >= 0.3 is 0 Å². The van der Waals surface area contributed by atoms with Gasteiger partial charge in [-0.25, -0.2) is 0 Å². The molecule has 0 radical (unpaired) electrons. The summed E-state index contributed by atoms with van der Waals surface area (Å²) in [5.41, 5.74) is 2.89. The number of hydrogen-bond acceptors (Lipinski definition) is 7. The second-order valence-corrected chi connectivity index (χ2v) is 11.1. The number of aryl methyl sites for hydroxylation is 1. The first-order valence-corrected chi connectivity index (χ1v) is 15.0. The normalized spacial score (nSPS) is 19.2. The van der Waals surface area contributed by atoms with Gasteiger partial charge in [0.1, 0.15) is 5.75 Å². The molecule has 0 saturated carbocycles. The first-order valence-electron chi connectivity index (χ1n) is 15.0. The van der Waals surface area contributed by atoms with Crippen LogP contribution in [0.5, 0.6) is 5.75 Å². The van der Waals surface area contributed by atoms with E-state index in [1.54, 1.807) is 25.4 Å². The molecule has 2 aliphatic rings. The Morgan fingerprint density at radius 2 is 1.84 bits per heavy atom. The summed E-state index contributed by atoms with van der Waals surface area (Å²) in [6.45, 7) is 4.77. The molecule has 3 aromatic rings. The smallest absolute Gasteiger partial charge is 0.257 e. The third-order valence-electron chi connectivity index (χ3n) is 7.84. The monoisotopic (exact) mass is 589 g/mol. The van der Waals surface area contributed by atoms with Crippen molar-refractivity contribution in [3.63, 3.8) is 0 Å². The Kier molecular flexibility index (Phi) is 11.9. The third-order valence-corrected chi connectivity index (χ3v) is 7.84. The predicted molar refractivity (Wildman–Crippen MR) is 166 cm³/mol. The molecule has 3 heterocycles. The summed E-state index contributed by atoms with van der Waals surface area (Å²) < 4.78 is 11.1. The maximum atomic E-state index is 14.1. The standard InChI is InChI=1S/C33H43N5O5/c1-24-8-11-26(28-6-3-17-36-31(24)28)21-37-32(41)33(14-19-42-2)20-25-9-12-27(13-10-25)43-22-30(40)35-18-5-16-34-15-4-7-29(39)38-23-33/h3,6,8-13,17,34H,4-5,7,14-16,18-23H2,1-2H3,(H,35,40)(H,37,41)(H,38,39). The van der Waals surface area contributed by atoms with Gasteiger partial charge < -0.3 is 30.7 Å². The van der Waals surface area contributed by atoms with Crippen LogP contribution in [0.2, 0.25) is 0 Å². The Bertz CT molecular complexity index is 1380. The van der Waals surface area contributed by atoms with Crippen LogP contribution in [0.4, 0.5) is 0 Å². The van der Waals surface area contributed by atoms with Crippen LogP contribution in [0.15, 0.2) is 54.7 Å². The lowest BCUT2D eigenvalue weighted by Gasteiger charge is -2.33. The van der Waals surface area contributed by atoms with Gasteiger partial charge in [0.25, 0.3) is 5.91 Å². The van der Waals surface area contributed by atoms with Gasteiger partial charge in [-0.05, 0) is 80.6 Å². The highest BCUT2D eigenvalue weighted by Crippen LogP contribution is 2.30. The molecule has 1 atom stereocenters. The number of aromatic nitrogens is 1. The summed E-state index contributed by atoms with van der Waals surface area (Å²) in [6.07, 6.45) is 4.34. The average molecular weight is 590 g/mol. The molecule has 0 saturated heterocycles. The van der Waals surface area contributed by atoms with Gasteiger partial charge in [-0.1, -0.05) is 30.3 Å². The van der Waals surface area contributed by atoms with Crippen LogP contribution < -0.4 is 26.0 Å². The molecule has 43 heavy (non-hydrogen) atoms. The second-order valence-electron chi connectivity index (χ2n) is 11.1. The van der Waals surface area contributed by atoms with E-state index in [4.69, 9.17) is 9.47 Å². The lowest BCUT2D eigenvalue weighted by atomic mass is 9.77. The third kappa shape index (κ3) is 9.23. The number of ether oxygens (including phenoxy) is 2. The molecule has 2 bridgehead atoms. The van der Waals surface area contributed by atoms with E-state index in [-0.39, 0.29) is 30.9 Å². The Labute approximate surface area is 253 Å². The zero-order valence-electron chi connectivity index (χ0n) is 25.2. The first-order chi connectivity index (χ1) is 20.9. The summed E-state index contributed by atoms with van der Waals surface area (Å²) in [7, 11) is 1.61. The predicted octanol–water partition coefficient (Wildman–Crippen LogP) is 2.81. The number of nitrogens with zero attached hydrogens (tertiary/aromatic N) is 1. The van der Waals surface area contributed by atoms with Crippen molar-refractivity contribution in [2.75, 3.05) is 46.5 Å². The quantitative estimate of drug-likeness (QED) is 0.348. The molecule has 5 rings (SSSR count). The fourth-order valence-corrected chi connectivity index (χ4v) is 5.29. The number of hydrogen-bond donors (Lipinski definition) is 4. The topological polar surface area (TPSA) is 131 Å². The number of fused-ring (bicyclic) bond motifs is 18. The highest BCUT2D eigenvalue weighted by atomic mass is 16.5. The van der Waals surface area contributed by atoms with Gasteiger partial charge in [-0.2, -0.15) is 0 Å². The van der Waals surface area contributed by atoms with Gasteiger partial charge in [0.2, 0.25) is 11.8 Å². The maximum Gasteiger partial charge on any atom is 0.257 e. The number of methoxy groups -OCH3 is 1. The van der Waals surface area contributed by atoms with Gasteiger partial charge in [-0.15, -0.1) is 0 Å². The highest BCUT2D eigenvalue weighted by molar-refractivity contribution is 5.87. The Hall–Kier alpha value is -4.02. The lowest BCUT2D eigenvalue weighted by molar-refractivity contribution is -0.133. The molecule has 1 unspecified atom stereocenters. The minimum absolute atomic E-state index is 0.0673. The molecule has 230 valence electrons. The molecule has 0 spiro atoms. The molecule has 2 aromatic carbocycles. The number of carbonyl (C=O) groups is 3. The fraction of sp³-hybridized carbons (Fsp3) is 0.455. The van der Waals surface area contributed by atoms with Crippen LogP contribution in [0.25, 0.3) is 10.9 Å². The number of pyridine rings is 1. The van der Waals surface area contributed by atoms with Crippen molar-refractivity contribution in [2.45, 2.75) is 45.6 Å². The molecule has 2 aliphatic heterocycles. The summed E-state index contributed by atoms with van der Waals surface area (Å²) in [6, 6.07) is 15.3. The van der Waals surface area contributed by atoms with E-state index in [2.05, 4.69) is 26.3 Å². The Balaban J connectivity index is 1.58. The van der Waals surface area contributed by atoms with Crippen molar-refractivity contribution >= 4 is 28.6 Å². The number of carbonyl (C=O) groups excluding carboxylic acids is 3. The Morgan fingerprint density at radius 3 is 2.65 bits per heavy atom. The van der Waals surface area contributed by atoms with E-state index in [0.29, 0.717) is 57.7 Å². The summed E-state index contributed by atoms with van der Waals surface area (Å²) in [4.78, 5) is 43.7. The van der Waals surface area contributed by atoms with Crippen LogP contribution in [-0.4, -0.2) is 69.2 Å². The minimum atomic E-state index is -0.967. The highest BCUT2D eigenvalue weighted by Gasteiger charge is 2.38. The minimum Gasteiger partial charge on any atom is -0.484 e. The summed E-state index contributed by atoms with van der Waals surface area (Å²) in [5.74, 6) is 0.123. The number of benzene rings is 2. The van der Waals surface area contributed by atoms with Crippen LogP contribution in [-0.2, 0) is 32.1 Å². The molecule has 4 N–H and O–H groups in total. The van der Waals surface area contributed by atoms with Crippen molar-refractivity contribution in [2.24, 2.45) is 5.41 Å². The molecule has 0 fully saturated rings. The van der Waals surface area contributed by atoms with Crippen LogP contribution >= 0.6 is 0 Å². The first kappa shape index (κ1) is 31.9. The van der Waals surface area contributed by atoms with Crippen LogP contribution in [0, 0.1) is 12.3 Å². The molecular weight excluding hydrogens is 546 g/mol. The summed E-state index contributed by atoms with van der Waals surface area (Å²) in [5, 5.41) is 13.4. The van der Waals surface area contributed by atoms with Crippen molar-refractivity contribution in [3.05, 3.63) is 71.4 Å². The fourth-order valence-electron chi connectivity index (χ4n) is 5.29. The molecule has 3 amide bonds. The SMILES string of the molecule is COCCC1(C(=O)NCc2ccc(C)c3ncccc23)CNC(=O)CCCNCCCNC(=O)COc2ccc(cc2)C1. The lowest BCUT2D eigenvalue weighted by Crippen LogP contribution is -2.50. The number of nitrogens with one attached hydrogen (secondary N) is 4. The van der Waals surface area contributed by atoms with Crippen molar-refractivity contribution in [3.8, 4) is 5.75 Å².